The van der Waals surface area contributed by atoms with E-state index in [0.717, 1.165) is 101 Å². The lowest BCUT2D eigenvalue weighted by Crippen LogP contribution is -2.61. The van der Waals surface area contributed by atoms with Gasteiger partial charge in [0.15, 0.2) is 0 Å². The Morgan fingerprint density at radius 3 is 0.743 bits per heavy atom. The van der Waals surface area contributed by atoms with Gasteiger partial charge in [0.1, 0.15) is 0 Å². The Kier molecular flexibility index (Phi) is 13.5. The Bertz CT molecular complexity index is 6720. The standard InChI is InChI=1S/C102H65BN6/c1-11-44-88(76(34-1)70-30-21-26-66(60-70)68-28-23-32-72(62-68)104-90-46-13-3-36-78(90)79-37-4-14-47-91(79)104)108-98-54-25-55-99-102(98)103(86-58-56-74(64-100(86)108)106-94-50-17-7-40-82(94)83-41-8-18-51-95(83)106)87-59-57-75(107-96-52-19-9-42-84(96)85-43-10-20-53-97(85)107)65-101(87)109(99)89-45-12-2-35-77(89)71-31-22-27-67(61-71)69-29-24-33-73(63-69)105-92-48-15-5-38-80(92)81-39-6-16-49-93(81)105/h1-65H. The number of aromatic nitrogens is 4. The number of rotatable bonds is 10. The first-order valence-corrected chi connectivity index (χ1v) is 37.7. The minimum absolute atomic E-state index is 0.183. The molecule has 17 aromatic carbocycles. The van der Waals surface area contributed by atoms with Crippen LogP contribution in [0.3, 0.4) is 0 Å². The van der Waals surface area contributed by atoms with Crippen LogP contribution in [0, 0.1) is 0 Å². The second kappa shape index (κ2) is 24.1. The molecule has 2 aliphatic rings. The number of para-hydroxylation sites is 10. The molecular formula is C102H65BN6. The summed E-state index contributed by atoms with van der Waals surface area (Å²) < 4.78 is 9.78. The largest absolute Gasteiger partial charge is 0.311 e. The first-order valence-electron chi connectivity index (χ1n) is 37.7. The quantitative estimate of drug-likeness (QED) is 0.128. The predicted molar refractivity (Wildman–Crippen MR) is 460 cm³/mol. The van der Waals surface area contributed by atoms with E-state index in [1.165, 1.54) is 104 Å². The lowest BCUT2D eigenvalue weighted by Gasteiger charge is -2.45. The van der Waals surface area contributed by atoms with Crippen molar-refractivity contribution in [2.45, 2.75) is 0 Å². The summed E-state index contributed by atoms with van der Waals surface area (Å²) in [5.41, 5.74) is 33.3. The summed E-state index contributed by atoms with van der Waals surface area (Å²) in [6, 6.07) is 147. The average molecular weight is 1390 g/mol. The van der Waals surface area contributed by atoms with Crippen LogP contribution in [-0.2, 0) is 0 Å². The van der Waals surface area contributed by atoms with Crippen molar-refractivity contribution in [2.75, 3.05) is 9.80 Å². The summed E-state index contributed by atoms with van der Waals surface area (Å²) in [7, 11) is 0. The highest BCUT2D eigenvalue weighted by Crippen LogP contribution is 2.51. The van der Waals surface area contributed by atoms with Crippen LogP contribution in [-0.4, -0.2) is 25.0 Å². The van der Waals surface area contributed by atoms with Crippen LogP contribution in [0.5, 0.6) is 0 Å². The molecular weight excluding hydrogens is 1320 g/mol. The number of hydrogen-bond acceptors (Lipinski definition) is 2. The zero-order chi connectivity index (χ0) is 71.4. The van der Waals surface area contributed by atoms with E-state index < -0.39 is 0 Å². The van der Waals surface area contributed by atoms with E-state index >= 15 is 0 Å². The fraction of sp³-hybridized carbons (Fsp3) is 0. The third-order valence-corrected chi connectivity index (χ3v) is 23.3. The zero-order valence-corrected chi connectivity index (χ0v) is 59.3. The van der Waals surface area contributed by atoms with Crippen LogP contribution in [0.15, 0.2) is 394 Å². The maximum atomic E-state index is 2.60. The van der Waals surface area contributed by atoms with Crippen LogP contribution in [0.4, 0.5) is 34.1 Å². The molecule has 4 aromatic heterocycles. The highest BCUT2D eigenvalue weighted by molar-refractivity contribution is 7.00. The molecule has 0 atom stereocenters. The molecule has 109 heavy (non-hydrogen) atoms. The summed E-state index contributed by atoms with van der Waals surface area (Å²) in [5, 5.41) is 9.90. The highest BCUT2D eigenvalue weighted by atomic mass is 15.2. The van der Waals surface area contributed by atoms with Crippen molar-refractivity contribution in [2.24, 2.45) is 0 Å². The summed E-state index contributed by atoms with van der Waals surface area (Å²) in [6.45, 7) is -0.183. The van der Waals surface area contributed by atoms with Gasteiger partial charge in [-0.25, -0.2) is 0 Å². The molecule has 0 saturated carbocycles. The lowest BCUT2D eigenvalue weighted by molar-refractivity contribution is 1.17. The summed E-state index contributed by atoms with van der Waals surface area (Å²) in [4.78, 5) is 5.21. The van der Waals surface area contributed by atoms with Crippen LogP contribution in [0.2, 0.25) is 0 Å². The van der Waals surface area contributed by atoms with Crippen molar-refractivity contribution >= 4 is 144 Å². The van der Waals surface area contributed by atoms with Gasteiger partial charge in [-0.15, -0.1) is 0 Å². The molecule has 0 fully saturated rings. The molecule has 23 rings (SSSR count). The molecule has 0 amide bonds. The van der Waals surface area contributed by atoms with Gasteiger partial charge in [-0.1, -0.05) is 261 Å². The SMILES string of the molecule is c1cc(-c2cccc(-n3c4ccccc4c4ccccc43)c2)cc(-c2ccccc2N2c3cc(-n4c5ccccc5c5ccccc54)ccc3B3c4ccc(-n5c6ccccc6c6ccccc65)cc4N(c4ccccc4-c4cccc(-c5cccc(-n6c7ccccc7c7ccccc76)c5)c4)c4cccc2c43)c1. The van der Waals surface area contributed by atoms with E-state index in [1.54, 1.807) is 0 Å². The molecule has 0 unspecified atom stereocenters. The van der Waals surface area contributed by atoms with Gasteiger partial charge in [0, 0.05) is 99.7 Å². The fourth-order valence-electron chi connectivity index (χ4n) is 18.7. The first kappa shape index (κ1) is 61.0. The van der Waals surface area contributed by atoms with Gasteiger partial charge < -0.3 is 28.1 Å². The molecule has 2 aliphatic heterocycles. The van der Waals surface area contributed by atoms with Gasteiger partial charge in [0.05, 0.1) is 55.5 Å². The average Bonchev–Trinajstić information content (AvgIpc) is 1.59. The Morgan fingerprint density at radius 2 is 0.413 bits per heavy atom. The fourth-order valence-corrected chi connectivity index (χ4v) is 18.7. The van der Waals surface area contributed by atoms with E-state index in [1.807, 2.05) is 0 Å². The van der Waals surface area contributed by atoms with Gasteiger partial charge >= 0.3 is 0 Å². The molecule has 6 heterocycles. The summed E-state index contributed by atoms with van der Waals surface area (Å²) >= 11 is 0. The monoisotopic (exact) mass is 1380 g/mol. The Morgan fingerprint density at radius 1 is 0.165 bits per heavy atom. The molecule has 0 radical (unpaired) electrons. The minimum Gasteiger partial charge on any atom is -0.311 e. The minimum atomic E-state index is -0.183. The van der Waals surface area contributed by atoms with Crippen molar-refractivity contribution in [3.63, 3.8) is 0 Å². The second-order valence-corrected chi connectivity index (χ2v) is 29.1. The van der Waals surface area contributed by atoms with Crippen molar-refractivity contribution in [3.05, 3.63) is 394 Å². The third-order valence-electron chi connectivity index (χ3n) is 23.3. The molecule has 21 aromatic rings. The van der Waals surface area contributed by atoms with Crippen LogP contribution in [0.1, 0.15) is 0 Å². The molecule has 0 spiro atoms. The molecule has 0 N–H and O–H groups in total. The van der Waals surface area contributed by atoms with Crippen molar-refractivity contribution in [1.29, 1.82) is 0 Å². The number of fused-ring (bicyclic) bond motifs is 16. The van der Waals surface area contributed by atoms with Gasteiger partial charge in [-0.2, -0.15) is 0 Å². The van der Waals surface area contributed by atoms with E-state index in [9.17, 15) is 0 Å². The van der Waals surface area contributed by atoms with E-state index in [2.05, 4.69) is 422 Å². The molecule has 0 saturated heterocycles. The van der Waals surface area contributed by atoms with Gasteiger partial charge in [-0.05, 0) is 183 Å². The van der Waals surface area contributed by atoms with Crippen molar-refractivity contribution in [1.82, 2.24) is 18.3 Å². The first-order chi connectivity index (χ1) is 54.1. The van der Waals surface area contributed by atoms with Crippen molar-refractivity contribution in [3.8, 4) is 67.3 Å². The molecule has 6 nitrogen and oxygen atoms in total. The summed E-state index contributed by atoms with van der Waals surface area (Å²) in [6.07, 6.45) is 0. The number of nitrogens with zero attached hydrogens (tertiary/aromatic N) is 6. The van der Waals surface area contributed by atoms with E-state index in [-0.39, 0.29) is 6.71 Å². The number of benzene rings is 17. The number of anilines is 6. The Hall–Kier alpha value is -14.4. The smallest absolute Gasteiger partial charge is 0.252 e. The molecule has 0 bridgehead atoms. The molecule has 7 heteroatoms. The topological polar surface area (TPSA) is 26.2 Å². The third kappa shape index (κ3) is 9.24. The normalized spacial score (nSPS) is 12.5. The van der Waals surface area contributed by atoms with E-state index in [0.29, 0.717) is 0 Å². The van der Waals surface area contributed by atoms with Crippen LogP contribution >= 0.6 is 0 Å². The number of hydrogen-bond donors (Lipinski definition) is 0. The summed E-state index contributed by atoms with van der Waals surface area (Å²) in [5.74, 6) is 0. The van der Waals surface area contributed by atoms with Gasteiger partial charge in [0.2, 0.25) is 0 Å². The molecule has 0 aliphatic carbocycles. The highest BCUT2D eigenvalue weighted by Gasteiger charge is 2.44. The lowest BCUT2D eigenvalue weighted by atomic mass is 9.33. The van der Waals surface area contributed by atoms with E-state index in [4.69, 9.17) is 0 Å². The maximum Gasteiger partial charge on any atom is 0.252 e. The van der Waals surface area contributed by atoms with Gasteiger partial charge in [-0.3, -0.25) is 0 Å². The molecule has 506 valence electrons. The predicted octanol–water partition coefficient (Wildman–Crippen LogP) is 24.8. The van der Waals surface area contributed by atoms with Crippen LogP contribution < -0.4 is 26.2 Å². The van der Waals surface area contributed by atoms with Crippen molar-refractivity contribution < 1.29 is 0 Å². The van der Waals surface area contributed by atoms with Crippen LogP contribution in [0.25, 0.3) is 154 Å². The Labute approximate surface area is 630 Å². The Balaban J connectivity index is 0.733. The van der Waals surface area contributed by atoms with Gasteiger partial charge in [0.25, 0.3) is 6.71 Å². The second-order valence-electron chi connectivity index (χ2n) is 29.1. The zero-order valence-electron chi connectivity index (χ0n) is 59.3. The maximum absolute atomic E-state index is 2.60.